The molecule has 0 fully saturated rings. The van der Waals surface area contributed by atoms with Crippen LogP contribution >= 0.6 is 0 Å². The summed E-state index contributed by atoms with van der Waals surface area (Å²) in [5.74, 6) is -0.0535. The summed E-state index contributed by atoms with van der Waals surface area (Å²) >= 11 is 0. The van der Waals surface area contributed by atoms with Crippen LogP contribution in [0.15, 0.2) is 42.5 Å². The lowest BCUT2D eigenvalue weighted by Crippen LogP contribution is -2.32. The number of hydrogen-bond acceptors (Lipinski definition) is 2. The summed E-state index contributed by atoms with van der Waals surface area (Å²) in [7, 11) is 0. The van der Waals surface area contributed by atoms with E-state index in [4.69, 9.17) is 5.11 Å². The summed E-state index contributed by atoms with van der Waals surface area (Å²) in [5, 5.41) is 13.8. The molecule has 1 amide bonds. The molecule has 0 spiro atoms. The van der Waals surface area contributed by atoms with Gasteiger partial charge in [-0.1, -0.05) is 36.4 Å². The van der Waals surface area contributed by atoms with Gasteiger partial charge in [0.25, 0.3) is 5.91 Å². The Morgan fingerprint density at radius 1 is 1.21 bits per heavy atom. The van der Waals surface area contributed by atoms with Gasteiger partial charge in [0, 0.05) is 18.2 Å². The lowest BCUT2D eigenvalue weighted by Gasteiger charge is -2.14. The Hall–Kier alpha value is -1.87. The topological polar surface area (TPSA) is 49.3 Å². The second-order valence-corrected chi connectivity index (χ2v) is 4.77. The molecule has 0 heterocycles. The molecule has 2 aromatic rings. The highest BCUT2D eigenvalue weighted by molar-refractivity contribution is 6.07. The normalized spacial score (nSPS) is 12.3. The molecule has 0 bridgehead atoms. The highest BCUT2D eigenvalue weighted by atomic mass is 16.2. The zero-order valence-electron chi connectivity index (χ0n) is 11.1. The van der Waals surface area contributed by atoms with E-state index in [0.29, 0.717) is 12.0 Å². The van der Waals surface area contributed by atoms with Crippen molar-refractivity contribution in [1.82, 2.24) is 5.32 Å². The van der Waals surface area contributed by atoms with Gasteiger partial charge in [-0.05, 0) is 36.6 Å². The molecule has 0 aromatic heterocycles. The molecular formula is C16H19NO2. The van der Waals surface area contributed by atoms with Gasteiger partial charge in [-0.25, -0.2) is 0 Å². The van der Waals surface area contributed by atoms with Crippen molar-refractivity contribution in [1.29, 1.82) is 0 Å². The maximum Gasteiger partial charge on any atom is 0.252 e. The molecule has 2 N–H and O–H groups in total. The maximum absolute atomic E-state index is 12.3. The first kappa shape index (κ1) is 13.6. The first-order valence-electron chi connectivity index (χ1n) is 6.62. The molecule has 1 unspecified atom stereocenters. The van der Waals surface area contributed by atoms with E-state index in [1.54, 1.807) is 0 Å². The number of benzene rings is 2. The molecule has 0 saturated heterocycles. The van der Waals surface area contributed by atoms with Gasteiger partial charge in [0.15, 0.2) is 0 Å². The van der Waals surface area contributed by atoms with E-state index >= 15 is 0 Å². The van der Waals surface area contributed by atoms with E-state index in [1.807, 2.05) is 49.4 Å². The molecule has 2 aromatic carbocycles. The van der Waals surface area contributed by atoms with E-state index in [2.05, 4.69) is 5.32 Å². The Morgan fingerprint density at radius 2 is 1.95 bits per heavy atom. The Bertz CT molecular complexity index is 560. The third-order valence-electron chi connectivity index (χ3n) is 3.21. The fourth-order valence-electron chi connectivity index (χ4n) is 2.19. The van der Waals surface area contributed by atoms with Crippen LogP contribution in [0.1, 0.15) is 30.1 Å². The SMILES string of the molecule is CC(CCCO)NC(=O)c1cccc2ccccc12. The van der Waals surface area contributed by atoms with E-state index in [1.165, 1.54) is 0 Å². The van der Waals surface area contributed by atoms with Gasteiger partial charge in [0.2, 0.25) is 0 Å². The molecule has 0 aliphatic carbocycles. The lowest BCUT2D eigenvalue weighted by atomic mass is 10.0. The first-order chi connectivity index (χ1) is 9.22. The number of carbonyl (C=O) groups is 1. The van der Waals surface area contributed by atoms with Crippen molar-refractivity contribution in [3.63, 3.8) is 0 Å². The van der Waals surface area contributed by atoms with Crippen LogP contribution in [0.5, 0.6) is 0 Å². The zero-order valence-corrected chi connectivity index (χ0v) is 11.1. The van der Waals surface area contributed by atoms with Gasteiger partial charge in [0.1, 0.15) is 0 Å². The van der Waals surface area contributed by atoms with E-state index < -0.39 is 0 Å². The predicted octanol–water partition coefficient (Wildman–Crippen LogP) is 2.73. The monoisotopic (exact) mass is 257 g/mol. The fraction of sp³-hybridized carbons (Fsp3) is 0.312. The van der Waals surface area contributed by atoms with Crippen LogP contribution in [0.4, 0.5) is 0 Å². The van der Waals surface area contributed by atoms with E-state index in [-0.39, 0.29) is 18.6 Å². The van der Waals surface area contributed by atoms with Crippen molar-refractivity contribution < 1.29 is 9.90 Å². The summed E-state index contributed by atoms with van der Waals surface area (Å²) in [6.45, 7) is 2.12. The average molecular weight is 257 g/mol. The van der Waals surface area contributed by atoms with Crippen molar-refractivity contribution in [3.05, 3.63) is 48.0 Å². The highest BCUT2D eigenvalue weighted by Gasteiger charge is 2.12. The van der Waals surface area contributed by atoms with Crippen molar-refractivity contribution in [2.75, 3.05) is 6.61 Å². The van der Waals surface area contributed by atoms with Gasteiger partial charge in [-0.2, -0.15) is 0 Å². The number of fused-ring (bicyclic) bond motifs is 1. The minimum atomic E-state index is -0.0535. The third kappa shape index (κ3) is 3.32. The molecule has 0 radical (unpaired) electrons. The average Bonchev–Trinajstić information content (AvgIpc) is 2.44. The number of nitrogens with one attached hydrogen (secondary N) is 1. The number of rotatable bonds is 5. The van der Waals surface area contributed by atoms with Crippen molar-refractivity contribution in [2.24, 2.45) is 0 Å². The number of aliphatic hydroxyl groups excluding tert-OH is 1. The maximum atomic E-state index is 12.3. The number of aliphatic hydroxyl groups is 1. The minimum Gasteiger partial charge on any atom is -0.396 e. The van der Waals surface area contributed by atoms with Crippen molar-refractivity contribution >= 4 is 16.7 Å². The van der Waals surface area contributed by atoms with Crippen molar-refractivity contribution in [3.8, 4) is 0 Å². The number of amides is 1. The molecular weight excluding hydrogens is 238 g/mol. The van der Waals surface area contributed by atoms with Gasteiger partial charge >= 0.3 is 0 Å². The van der Waals surface area contributed by atoms with Gasteiger partial charge in [0.05, 0.1) is 0 Å². The van der Waals surface area contributed by atoms with Gasteiger partial charge in [-0.3, -0.25) is 4.79 Å². The highest BCUT2D eigenvalue weighted by Crippen LogP contribution is 2.18. The van der Waals surface area contributed by atoms with Crippen LogP contribution in [0.2, 0.25) is 0 Å². The summed E-state index contributed by atoms with van der Waals surface area (Å²) in [4.78, 5) is 12.3. The van der Waals surface area contributed by atoms with E-state index in [9.17, 15) is 4.79 Å². The second-order valence-electron chi connectivity index (χ2n) is 4.77. The van der Waals surface area contributed by atoms with Gasteiger partial charge < -0.3 is 10.4 Å². The molecule has 100 valence electrons. The van der Waals surface area contributed by atoms with Crippen LogP contribution in [-0.2, 0) is 0 Å². The summed E-state index contributed by atoms with van der Waals surface area (Å²) < 4.78 is 0. The van der Waals surface area contributed by atoms with E-state index in [0.717, 1.165) is 17.2 Å². The molecule has 2 rings (SSSR count). The minimum absolute atomic E-state index is 0.0535. The molecule has 19 heavy (non-hydrogen) atoms. The molecule has 0 aliphatic heterocycles. The first-order valence-corrected chi connectivity index (χ1v) is 6.62. The smallest absolute Gasteiger partial charge is 0.252 e. The molecule has 1 atom stereocenters. The predicted molar refractivity (Wildman–Crippen MR) is 77.2 cm³/mol. The quantitative estimate of drug-likeness (QED) is 0.865. The summed E-state index contributed by atoms with van der Waals surface area (Å²) in [6.07, 6.45) is 1.49. The largest absolute Gasteiger partial charge is 0.396 e. The van der Waals surface area contributed by atoms with Crippen LogP contribution in [0.3, 0.4) is 0 Å². The van der Waals surface area contributed by atoms with Crippen LogP contribution < -0.4 is 5.32 Å². The second kappa shape index (κ2) is 6.34. The standard InChI is InChI=1S/C16H19NO2/c1-12(6-5-11-18)17-16(19)15-10-4-8-13-7-2-3-9-14(13)15/h2-4,7-10,12,18H,5-6,11H2,1H3,(H,17,19). The Labute approximate surface area is 113 Å². The van der Waals surface area contributed by atoms with Crippen molar-refractivity contribution in [2.45, 2.75) is 25.8 Å². The Kier molecular flexibility index (Phi) is 4.53. The third-order valence-corrected chi connectivity index (χ3v) is 3.21. The van der Waals surface area contributed by atoms with Crippen LogP contribution in [0, 0.1) is 0 Å². The molecule has 3 heteroatoms. The van der Waals surface area contributed by atoms with Crippen LogP contribution in [0.25, 0.3) is 10.8 Å². The zero-order chi connectivity index (χ0) is 13.7. The summed E-state index contributed by atoms with van der Waals surface area (Å²) in [6, 6.07) is 13.7. The summed E-state index contributed by atoms with van der Waals surface area (Å²) in [5.41, 5.74) is 0.703. The Morgan fingerprint density at radius 3 is 2.74 bits per heavy atom. The lowest BCUT2D eigenvalue weighted by molar-refractivity contribution is 0.0938. The van der Waals surface area contributed by atoms with Gasteiger partial charge in [-0.15, -0.1) is 0 Å². The fourth-order valence-corrected chi connectivity index (χ4v) is 2.19. The van der Waals surface area contributed by atoms with Crippen LogP contribution in [-0.4, -0.2) is 23.7 Å². The Balaban J connectivity index is 2.17. The molecule has 0 aliphatic rings. The molecule has 3 nitrogen and oxygen atoms in total. The molecule has 0 saturated carbocycles. The number of carbonyl (C=O) groups excluding carboxylic acids is 1. The number of hydrogen-bond donors (Lipinski definition) is 2.